The maximum atomic E-state index is 5.89. The van der Waals surface area contributed by atoms with Crippen LogP contribution in [0.15, 0.2) is 35.8 Å². The molecule has 2 N–H and O–H groups in total. The van der Waals surface area contributed by atoms with Gasteiger partial charge in [0.1, 0.15) is 18.4 Å². The first-order valence-electron chi connectivity index (χ1n) is 9.79. The Balaban J connectivity index is 0.00000392. The number of aryl methyl sites for hydroxylation is 2. The molecule has 0 saturated carbocycles. The topological polar surface area (TPSA) is 76.4 Å². The summed E-state index contributed by atoms with van der Waals surface area (Å²) in [6.45, 7) is 10.2. The second kappa shape index (κ2) is 14.2. The normalized spacial score (nSPS) is 11.0. The number of nitrogens with zero attached hydrogens (tertiary/aromatic N) is 4. The van der Waals surface area contributed by atoms with Crippen molar-refractivity contribution < 1.29 is 4.74 Å². The summed E-state index contributed by atoms with van der Waals surface area (Å²) in [5, 5.41) is 14.3. The molecule has 1 aromatic carbocycles. The molecular weight excluding hydrogens is 467 g/mol. The number of halogens is 1. The predicted molar refractivity (Wildman–Crippen MR) is 124 cm³/mol. The van der Waals surface area contributed by atoms with Gasteiger partial charge in [0.2, 0.25) is 0 Å². The number of aromatic nitrogens is 3. The van der Waals surface area contributed by atoms with Crippen LogP contribution in [-0.2, 0) is 13.1 Å². The van der Waals surface area contributed by atoms with Gasteiger partial charge in [0.15, 0.2) is 5.96 Å². The van der Waals surface area contributed by atoms with E-state index in [1.165, 1.54) is 5.56 Å². The Morgan fingerprint density at radius 3 is 2.64 bits per heavy atom. The summed E-state index contributed by atoms with van der Waals surface area (Å²) in [7, 11) is 0. The molecule has 0 amide bonds. The first kappa shape index (κ1) is 24.2. The average Bonchev–Trinajstić information content (AvgIpc) is 3.18. The quantitative estimate of drug-likeness (QED) is 0.214. The summed E-state index contributed by atoms with van der Waals surface area (Å²) >= 11 is 0. The number of aliphatic imine (C=N–C) groups is 1. The summed E-state index contributed by atoms with van der Waals surface area (Å²) in [5.74, 6) is 1.77. The van der Waals surface area contributed by atoms with E-state index in [0.717, 1.165) is 62.8 Å². The summed E-state index contributed by atoms with van der Waals surface area (Å²) < 4.78 is 7.88. The molecule has 0 atom stereocenters. The van der Waals surface area contributed by atoms with E-state index in [0.29, 0.717) is 6.54 Å². The van der Waals surface area contributed by atoms with Crippen molar-refractivity contribution in [1.29, 1.82) is 0 Å². The molecule has 0 radical (unpaired) electrons. The Bertz CT molecular complexity index is 690. The van der Waals surface area contributed by atoms with E-state index >= 15 is 0 Å². The highest BCUT2D eigenvalue weighted by molar-refractivity contribution is 14.0. The number of rotatable bonds is 11. The van der Waals surface area contributed by atoms with Crippen molar-refractivity contribution in [3.63, 3.8) is 0 Å². The number of unbranched alkanes of at least 4 members (excludes halogenated alkanes) is 1. The number of hydrogen-bond donors (Lipinski definition) is 2. The van der Waals surface area contributed by atoms with Crippen molar-refractivity contribution in [1.82, 2.24) is 25.4 Å². The second-order valence-corrected chi connectivity index (χ2v) is 6.49. The Labute approximate surface area is 185 Å². The van der Waals surface area contributed by atoms with E-state index in [4.69, 9.17) is 9.73 Å². The van der Waals surface area contributed by atoms with Gasteiger partial charge >= 0.3 is 0 Å². The van der Waals surface area contributed by atoms with Crippen LogP contribution in [0.2, 0.25) is 0 Å². The zero-order chi connectivity index (χ0) is 19.3. The monoisotopic (exact) mass is 500 g/mol. The molecule has 0 unspecified atom stereocenters. The van der Waals surface area contributed by atoms with Gasteiger partial charge in [0.25, 0.3) is 0 Å². The van der Waals surface area contributed by atoms with Crippen molar-refractivity contribution >= 4 is 29.9 Å². The Morgan fingerprint density at radius 2 is 1.93 bits per heavy atom. The lowest BCUT2D eigenvalue weighted by Gasteiger charge is -2.13. The molecule has 1 heterocycles. The number of hydrogen-bond acceptors (Lipinski definition) is 4. The van der Waals surface area contributed by atoms with E-state index in [2.05, 4.69) is 59.8 Å². The fraction of sp³-hybridized carbons (Fsp3) is 0.550. The smallest absolute Gasteiger partial charge is 0.191 e. The van der Waals surface area contributed by atoms with Crippen LogP contribution in [0.4, 0.5) is 0 Å². The van der Waals surface area contributed by atoms with Gasteiger partial charge < -0.3 is 19.9 Å². The zero-order valence-electron chi connectivity index (χ0n) is 17.1. The minimum absolute atomic E-state index is 0. The number of nitrogens with one attached hydrogen (secondary N) is 2. The number of guanidine groups is 1. The first-order valence-corrected chi connectivity index (χ1v) is 9.79. The minimum Gasteiger partial charge on any atom is -0.493 e. The van der Waals surface area contributed by atoms with Crippen molar-refractivity contribution in [2.75, 3.05) is 19.7 Å². The second-order valence-electron chi connectivity index (χ2n) is 6.49. The molecule has 7 nitrogen and oxygen atoms in total. The van der Waals surface area contributed by atoms with Crippen molar-refractivity contribution in [2.45, 2.75) is 53.1 Å². The summed E-state index contributed by atoms with van der Waals surface area (Å²) in [6, 6.07) is 6.30. The van der Waals surface area contributed by atoms with Crippen LogP contribution in [-0.4, -0.2) is 40.4 Å². The highest BCUT2D eigenvalue weighted by Crippen LogP contribution is 2.21. The molecule has 2 aromatic rings. The van der Waals surface area contributed by atoms with Gasteiger partial charge in [-0.1, -0.05) is 19.1 Å². The van der Waals surface area contributed by atoms with E-state index in [1.54, 1.807) is 12.7 Å². The third-order valence-corrected chi connectivity index (χ3v) is 4.04. The van der Waals surface area contributed by atoms with Crippen LogP contribution in [0.5, 0.6) is 5.75 Å². The zero-order valence-corrected chi connectivity index (χ0v) is 19.5. The fourth-order valence-corrected chi connectivity index (χ4v) is 2.61. The molecule has 2 rings (SSSR count). The molecule has 0 aliphatic carbocycles. The standard InChI is InChI=1S/C20H32N6O.HI/c1-4-12-27-19-13-17(3)8-9-18(19)14-23-20(21-5-2)22-10-6-7-11-26-15-24-25-16-26;/h8-9,13,15-16H,4-7,10-12,14H2,1-3H3,(H2,21,22,23);1H. The minimum atomic E-state index is 0. The van der Waals surface area contributed by atoms with E-state index in [-0.39, 0.29) is 24.0 Å². The van der Waals surface area contributed by atoms with E-state index in [9.17, 15) is 0 Å². The molecule has 0 aliphatic rings. The Hall–Kier alpha value is -1.84. The molecule has 0 saturated heterocycles. The molecule has 0 aliphatic heterocycles. The number of benzene rings is 1. The summed E-state index contributed by atoms with van der Waals surface area (Å²) in [5.41, 5.74) is 2.31. The van der Waals surface area contributed by atoms with Crippen molar-refractivity contribution in [3.05, 3.63) is 42.0 Å². The van der Waals surface area contributed by atoms with Gasteiger partial charge in [-0.25, -0.2) is 4.99 Å². The average molecular weight is 500 g/mol. The van der Waals surface area contributed by atoms with Crippen LogP contribution in [0.25, 0.3) is 0 Å². The highest BCUT2D eigenvalue weighted by Gasteiger charge is 2.05. The number of ether oxygens (including phenoxy) is 1. The van der Waals surface area contributed by atoms with Crippen LogP contribution in [0.1, 0.15) is 44.2 Å². The van der Waals surface area contributed by atoms with Crippen molar-refractivity contribution in [2.24, 2.45) is 4.99 Å². The summed E-state index contributed by atoms with van der Waals surface area (Å²) in [6.07, 6.45) is 6.61. The van der Waals surface area contributed by atoms with E-state index in [1.807, 2.05) is 4.57 Å². The molecular formula is C20H33IN6O. The van der Waals surface area contributed by atoms with Gasteiger partial charge in [-0.15, -0.1) is 34.2 Å². The van der Waals surface area contributed by atoms with Gasteiger partial charge in [-0.2, -0.15) is 0 Å². The molecule has 1 aromatic heterocycles. The first-order chi connectivity index (χ1) is 13.2. The molecule has 0 fully saturated rings. The Morgan fingerprint density at radius 1 is 1.14 bits per heavy atom. The van der Waals surface area contributed by atoms with Crippen LogP contribution in [0.3, 0.4) is 0 Å². The maximum absolute atomic E-state index is 5.89. The van der Waals surface area contributed by atoms with Gasteiger partial charge in [-0.05, 0) is 44.7 Å². The van der Waals surface area contributed by atoms with Gasteiger partial charge in [-0.3, -0.25) is 0 Å². The molecule has 8 heteroatoms. The third kappa shape index (κ3) is 8.90. The lowest BCUT2D eigenvalue weighted by Crippen LogP contribution is -2.37. The van der Waals surface area contributed by atoms with Crippen LogP contribution >= 0.6 is 24.0 Å². The molecule has 156 valence electrons. The summed E-state index contributed by atoms with van der Waals surface area (Å²) in [4.78, 5) is 4.72. The Kier molecular flexibility index (Phi) is 12.3. The highest BCUT2D eigenvalue weighted by atomic mass is 127. The van der Waals surface area contributed by atoms with Crippen LogP contribution < -0.4 is 15.4 Å². The third-order valence-electron chi connectivity index (χ3n) is 4.04. The van der Waals surface area contributed by atoms with Crippen LogP contribution in [0, 0.1) is 6.92 Å². The maximum Gasteiger partial charge on any atom is 0.191 e. The van der Waals surface area contributed by atoms with Gasteiger partial charge in [0.05, 0.1) is 13.2 Å². The molecule has 28 heavy (non-hydrogen) atoms. The van der Waals surface area contributed by atoms with Gasteiger partial charge in [0, 0.05) is 25.2 Å². The molecule has 0 spiro atoms. The lowest BCUT2D eigenvalue weighted by molar-refractivity contribution is 0.314. The lowest BCUT2D eigenvalue weighted by atomic mass is 10.1. The fourth-order valence-electron chi connectivity index (χ4n) is 2.61. The van der Waals surface area contributed by atoms with E-state index < -0.39 is 0 Å². The SMILES string of the molecule is CCCOc1cc(C)ccc1CN=C(NCC)NCCCCn1cnnc1.I. The molecule has 0 bridgehead atoms. The van der Waals surface area contributed by atoms with Crippen molar-refractivity contribution in [3.8, 4) is 5.75 Å². The predicted octanol–water partition coefficient (Wildman–Crippen LogP) is 3.53. The largest absolute Gasteiger partial charge is 0.493 e.